The fourth-order valence-corrected chi connectivity index (χ4v) is 5.63. The van der Waals surface area contributed by atoms with Crippen LogP contribution >= 0.6 is 23.1 Å². The van der Waals surface area contributed by atoms with Crippen LogP contribution in [0.4, 0.5) is 11.4 Å². The normalized spacial score (nSPS) is 14.0. The number of piperazine rings is 1. The van der Waals surface area contributed by atoms with Crippen molar-refractivity contribution in [2.45, 2.75) is 17.7 Å². The lowest BCUT2D eigenvalue weighted by Gasteiger charge is -2.34. The van der Waals surface area contributed by atoms with E-state index in [0.29, 0.717) is 24.5 Å². The molecule has 1 fully saturated rings. The van der Waals surface area contributed by atoms with Gasteiger partial charge in [0.25, 0.3) is 0 Å². The van der Waals surface area contributed by atoms with E-state index in [1.165, 1.54) is 35.6 Å². The Morgan fingerprint density at radius 3 is 2.47 bits per heavy atom. The van der Waals surface area contributed by atoms with E-state index >= 15 is 0 Å². The zero-order valence-corrected chi connectivity index (χ0v) is 22.9. The molecule has 8 nitrogen and oxygen atoms in total. The van der Waals surface area contributed by atoms with Gasteiger partial charge in [0.15, 0.2) is 4.34 Å². The molecule has 4 rings (SSSR count). The van der Waals surface area contributed by atoms with Crippen molar-refractivity contribution in [1.29, 1.82) is 0 Å². The Balaban J connectivity index is 1.16. The van der Waals surface area contributed by atoms with Crippen LogP contribution in [0.25, 0.3) is 6.08 Å². The molecular weight excluding hydrogens is 518 g/mol. The van der Waals surface area contributed by atoms with E-state index in [-0.39, 0.29) is 29.9 Å². The second-order valence-corrected chi connectivity index (χ2v) is 11.0. The highest BCUT2D eigenvalue weighted by molar-refractivity contribution is 8.01. The summed E-state index contributed by atoms with van der Waals surface area (Å²) in [5.74, 6) is -0.0509. The quantitative estimate of drug-likeness (QED) is 0.368. The van der Waals surface area contributed by atoms with Crippen molar-refractivity contribution in [1.82, 2.24) is 14.8 Å². The SMILES string of the molecule is CC(=O)Nc1cccc(NC(=O)CSc2nc(CC(=O)N3CCN(C/C=C/c4ccccc4)CC3)cs2)c1. The molecule has 3 amide bonds. The Morgan fingerprint density at radius 1 is 1.00 bits per heavy atom. The van der Waals surface area contributed by atoms with Crippen LogP contribution in [0.5, 0.6) is 0 Å². The van der Waals surface area contributed by atoms with Gasteiger partial charge in [-0.1, -0.05) is 60.3 Å². The van der Waals surface area contributed by atoms with Crippen molar-refractivity contribution in [3.63, 3.8) is 0 Å². The van der Waals surface area contributed by atoms with Crippen LogP contribution < -0.4 is 10.6 Å². The number of carbonyl (C=O) groups excluding carboxylic acids is 3. The third kappa shape index (κ3) is 8.83. The zero-order valence-electron chi connectivity index (χ0n) is 21.3. The number of hydrogen-bond acceptors (Lipinski definition) is 7. The maximum absolute atomic E-state index is 12.8. The van der Waals surface area contributed by atoms with Crippen LogP contribution in [0.1, 0.15) is 18.2 Å². The number of anilines is 2. The minimum absolute atomic E-state index is 0.0862. The van der Waals surface area contributed by atoms with Crippen molar-refractivity contribution in [2.24, 2.45) is 0 Å². The largest absolute Gasteiger partial charge is 0.340 e. The van der Waals surface area contributed by atoms with E-state index in [4.69, 9.17) is 0 Å². The fourth-order valence-electron chi connectivity index (χ4n) is 3.99. The average Bonchev–Trinajstić information content (AvgIpc) is 3.35. The van der Waals surface area contributed by atoms with Crippen molar-refractivity contribution < 1.29 is 14.4 Å². The lowest BCUT2D eigenvalue weighted by molar-refractivity contribution is -0.132. The lowest BCUT2D eigenvalue weighted by atomic mass is 10.2. The minimum Gasteiger partial charge on any atom is -0.340 e. The Labute approximate surface area is 231 Å². The smallest absolute Gasteiger partial charge is 0.234 e. The minimum atomic E-state index is -0.170. The molecule has 0 radical (unpaired) electrons. The van der Waals surface area contributed by atoms with Crippen molar-refractivity contribution in [3.05, 3.63) is 77.3 Å². The summed E-state index contributed by atoms with van der Waals surface area (Å²) in [4.78, 5) is 45.2. The third-order valence-electron chi connectivity index (χ3n) is 5.85. The summed E-state index contributed by atoms with van der Waals surface area (Å²) in [6.45, 7) is 5.44. The van der Waals surface area contributed by atoms with Crippen molar-refractivity contribution in [3.8, 4) is 0 Å². The van der Waals surface area contributed by atoms with Gasteiger partial charge in [0.05, 0.1) is 17.9 Å². The molecule has 0 bridgehead atoms. The molecule has 0 unspecified atom stereocenters. The number of thioether (sulfide) groups is 1. The molecule has 0 aliphatic carbocycles. The third-order valence-corrected chi connectivity index (χ3v) is 7.92. The summed E-state index contributed by atoms with van der Waals surface area (Å²) in [5.41, 5.74) is 3.16. The Bertz CT molecular complexity index is 1270. The van der Waals surface area contributed by atoms with Crippen molar-refractivity contribution in [2.75, 3.05) is 49.1 Å². The number of hydrogen-bond donors (Lipinski definition) is 2. The molecule has 3 aromatic rings. The van der Waals surface area contributed by atoms with E-state index < -0.39 is 0 Å². The molecule has 38 heavy (non-hydrogen) atoms. The topological polar surface area (TPSA) is 94.6 Å². The summed E-state index contributed by atoms with van der Waals surface area (Å²) in [6.07, 6.45) is 4.57. The van der Waals surface area contributed by atoms with E-state index in [1.54, 1.807) is 24.3 Å². The number of thiazole rings is 1. The molecule has 0 atom stereocenters. The van der Waals surface area contributed by atoms with Gasteiger partial charge in [-0.3, -0.25) is 19.3 Å². The molecule has 1 aliphatic heterocycles. The summed E-state index contributed by atoms with van der Waals surface area (Å²) < 4.78 is 0.755. The van der Waals surface area contributed by atoms with Crippen LogP contribution in [0.2, 0.25) is 0 Å². The Hall–Kier alpha value is -3.47. The molecule has 1 saturated heterocycles. The molecule has 2 heterocycles. The molecular formula is C28H31N5O3S2. The van der Waals surface area contributed by atoms with Gasteiger partial charge in [-0.05, 0) is 23.8 Å². The van der Waals surface area contributed by atoms with E-state index in [1.807, 2.05) is 28.5 Å². The number of amides is 3. The second-order valence-electron chi connectivity index (χ2n) is 8.87. The molecule has 0 spiro atoms. The first-order valence-electron chi connectivity index (χ1n) is 12.4. The number of rotatable bonds is 10. The zero-order chi connectivity index (χ0) is 26.7. The first kappa shape index (κ1) is 27.6. The highest BCUT2D eigenvalue weighted by Crippen LogP contribution is 2.24. The Morgan fingerprint density at radius 2 is 1.74 bits per heavy atom. The first-order valence-corrected chi connectivity index (χ1v) is 14.3. The Kier molecular flexibility index (Phi) is 10.1. The maximum atomic E-state index is 12.8. The van der Waals surface area contributed by atoms with E-state index in [0.717, 1.165) is 29.7 Å². The summed E-state index contributed by atoms with van der Waals surface area (Å²) in [5, 5.41) is 7.41. The van der Waals surface area contributed by atoms with Gasteiger partial charge in [0, 0.05) is 56.4 Å². The maximum Gasteiger partial charge on any atom is 0.234 e. The van der Waals surface area contributed by atoms with Crippen LogP contribution in [0.3, 0.4) is 0 Å². The van der Waals surface area contributed by atoms with Crippen LogP contribution in [0, 0.1) is 0 Å². The number of benzene rings is 2. The standard InChI is InChI=1S/C28H31N5O3S2/c1-21(34)29-23-10-5-11-24(17-23)30-26(35)20-38-28-31-25(19-37-28)18-27(36)33-15-13-32(14-16-33)12-6-9-22-7-3-2-4-8-22/h2-11,17,19H,12-16,18,20H2,1H3,(H,29,34)(H,30,35)/b9-6+. The van der Waals surface area contributed by atoms with Gasteiger partial charge in [-0.25, -0.2) is 4.98 Å². The number of carbonyl (C=O) groups is 3. The fraction of sp³-hybridized carbons (Fsp3) is 0.286. The highest BCUT2D eigenvalue weighted by atomic mass is 32.2. The lowest BCUT2D eigenvalue weighted by Crippen LogP contribution is -2.49. The number of nitrogens with zero attached hydrogens (tertiary/aromatic N) is 3. The summed E-state index contributed by atoms with van der Waals surface area (Å²) >= 11 is 2.78. The first-order chi connectivity index (χ1) is 18.4. The predicted molar refractivity (Wildman–Crippen MR) is 154 cm³/mol. The van der Waals surface area contributed by atoms with Crippen LogP contribution in [0.15, 0.2) is 70.4 Å². The van der Waals surface area contributed by atoms with E-state index in [9.17, 15) is 14.4 Å². The van der Waals surface area contributed by atoms with Gasteiger partial charge < -0.3 is 15.5 Å². The molecule has 2 aromatic carbocycles. The second kappa shape index (κ2) is 13.9. The molecule has 10 heteroatoms. The highest BCUT2D eigenvalue weighted by Gasteiger charge is 2.21. The van der Waals surface area contributed by atoms with Gasteiger partial charge in [0.1, 0.15) is 0 Å². The van der Waals surface area contributed by atoms with Gasteiger partial charge >= 0.3 is 0 Å². The molecule has 1 aromatic heterocycles. The molecule has 2 N–H and O–H groups in total. The summed E-state index contributed by atoms with van der Waals surface area (Å²) in [7, 11) is 0. The number of nitrogens with one attached hydrogen (secondary N) is 2. The van der Waals surface area contributed by atoms with Crippen molar-refractivity contribution >= 4 is 58.3 Å². The molecule has 0 saturated carbocycles. The van der Waals surface area contributed by atoms with Gasteiger partial charge in [-0.2, -0.15) is 0 Å². The van der Waals surface area contributed by atoms with Gasteiger partial charge in [-0.15, -0.1) is 11.3 Å². The van der Waals surface area contributed by atoms with Crippen LogP contribution in [-0.4, -0.2) is 71.0 Å². The summed E-state index contributed by atoms with van der Waals surface area (Å²) in [6, 6.07) is 17.2. The van der Waals surface area contributed by atoms with E-state index in [2.05, 4.69) is 44.8 Å². The predicted octanol–water partition coefficient (Wildman–Crippen LogP) is 4.23. The average molecular weight is 550 g/mol. The molecule has 198 valence electrons. The van der Waals surface area contributed by atoms with Gasteiger partial charge in [0.2, 0.25) is 17.7 Å². The monoisotopic (exact) mass is 549 g/mol. The molecule has 1 aliphatic rings. The van der Waals surface area contributed by atoms with Crippen LogP contribution in [-0.2, 0) is 20.8 Å². The number of aromatic nitrogens is 1.